The maximum Gasteiger partial charge on any atom is 0.494 e. The number of aromatic nitrogens is 2. The van der Waals surface area contributed by atoms with Crippen molar-refractivity contribution < 1.29 is 28.6 Å². The van der Waals surface area contributed by atoms with Crippen molar-refractivity contribution in [3.05, 3.63) is 41.7 Å². The van der Waals surface area contributed by atoms with Crippen molar-refractivity contribution in [3.63, 3.8) is 0 Å². The van der Waals surface area contributed by atoms with Crippen molar-refractivity contribution in [2.75, 3.05) is 71.2 Å². The first-order chi connectivity index (χ1) is 24.3. The van der Waals surface area contributed by atoms with Crippen LogP contribution in [-0.4, -0.2) is 110 Å². The Morgan fingerprint density at radius 2 is 1.73 bits per heavy atom. The molecule has 0 spiro atoms. The maximum atomic E-state index is 10.6. The fraction of sp³-hybridized carbons (Fsp3) is 0.675. The molecule has 10 nitrogen and oxygen atoms in total. The zero-order valence-corrected chi connectivity index (χ0v) is 32.6. The first-order valence-electron chi connectivity index (χ1n) is 19.1. The number of methoxy groups -OCH3 is 1. The summed E-state index contributed by atoms with van der Waals surface area (Å²) in [6.45, 7) is 24.8. The standard InChI is InChI=1S/C40H61BN4O6/c1-10-43-15-17-44(18-16-43)30-24-33(36(42-26-30)28(2)47-9)37-34(25-38(3,4)27-46)32-23-29(41-50-39(5,6)40(7,8)51-41)11-12-35(32)45(37)19-22-49-31-13-20-48-21-14-31/h11-12,23-24,26,28,31,46H,10,13-22,25,27H2,1-9H3/t28-/m0/s1. The molecule has 5 heterocycles. The number of hydrogen-bond donors (Lipinski definition) is 1. The number of benzene rings is 1. The summed E-state index contributed by atoms with van der Waals surface area (Å²) in [5.41, 5.74) is 6.18. The molecule has 6 rings (SSSR count). The van der Waals surface area contributed by atoms with Crippen molar-refractivity contribution in [3.8, 4) is 11.3 Å². The Balaban J connectivity index is 1.53. The molecule has 1 atom stereocenters. The summed E-state index contributed by atoms with van der Waals surface area (Å²) in [6.07, 6.45) is 4.48. The van der Waals surface area contributed by atoms with E-state index >= 15 is 0 Å². The number of aliphatic hydroxyl groups is 1. The SMILES string of the molecule is CCN1CCN(c2cnc([C@H](C)OC)c(-c3c(CC(C)(C)CO)c4cc(B5OC(C)(C)C(C)(C)O5)ccc4n3CCOC3CCOCC3)c2)CC1. The Morgan fingerprint density at radius 1 is 1.04 bits per heavy atom. The molecule has 0 bridgehead atoms. The zero-order chi connectivity index (χ0) is 36.6. The van der Waals surface area contributed by atoms with E-state index in [-0.39, 0.29) is 24.2 Å². The van der Waals surface area contributed by atoms with Crippen LogP contribution in [0.4, 0.5) is 5.69 Å². The summed E-state index contributed by atoms with van der Waals surface area (Å²) in [7, 11) is 1.26. The number of anilines is 1. The van der Waals surface area contributed by atoms with Crippen LogP contribution in [0.5, 0.6) is 0 Å². The highest BCUT2D eigenvalue weighted by atomic mass is 16.7. The van der Waals surface area contributed by atoms with Crippen molar-refractivity contribution >= 4 is 29.2 Å². The molecule has 11 heteroatoms. The number of aliphatic hydroxyl groups excluding tert-OH is 1. The molecule has 3 aliphatic heterocycles. The third-order valence-electron chi connectivity index (χ3n) is 11.7. The molecule has 280 valence electrons. The minimum absolute atomic E-state index is 0.0597. The monoisotopic (exact) mass is 704 g/mol. The molecule has 3 saturated heterocycles. The molecular weight excluding hydrogens is 643 g/mol. The second kappa shape index (κ2) is 15.5. The molecule has 0 amide bonds. The number of pyridine rings is 1. The van der Waals surface area contributed by atoms with Crippen LogP contribution in [0.1, 0.15) is 85.6 Å². The predicted molar refractivity (Wildman–Crippen MR) is 205 cm³/mol. The molecule has 0 aliphatic carbocycles. The lowest BCUT2D eigenvalue weighted by molar-refractivity contribution is -0.0336. The van der Waals surface area contributed by atoms with Crippen LogP contribution in [-0.2, 0) is 36.5 Å². The third kappa shape index (κ3) is 8.05. The molecule has 3 aliphatic rings. The fourth-order valence-electron chi connectivity index (χ4n) is 7.56. The molecule has 3 aromatic rings. The lowest BCUT2D eigenvalue weighted by Gasteiger charge is -2.35. The van der Waals surface area contributed by atoms with E-state index in [2.05, 4.69) is 94.0 Å². The molecular formula is C40H61BN4O6. The van der Waals surface area contributed by atoms with Crippen LogP contribution < -0.4 is 10.4 Å². The summed E-state index contributed by atoms with van der Waals surface area (Å²) in [6, 6.07) is 8.93. The van der Waals surface area contributed by atoms with E-state index in [4.69, 9.17) is 28.5 Å². The number of piperazine rings is 1. The van der Waals surface area contributed by atoms with E-state index in [1.54, 1.807) is 7.11 Å². The van der Waals surface area contributed by atoms with E-state index in [9.17, 15) is 5.11 Å². The number of ether oxygens (including phenoxy) is 3. The summed E-state index contributed by atoms with van der Waals surface area (Å²) in [5.74, 6) is 0. The van der Waals surface area contributed by atoms with Gasteiger partial charge in [0.2, 0.25) is 0 Å². The average molecular weight is 705 g/mol. The van der Waals surface area contributed by atoms with Gasteiger partial charge in [0.15, 0.2) is 0 Å². The number of fused-ring (bicyclic) bond motifs is 1. The highest BCUT2D eigenvalue weighted by Crippen LogP contribution is 2.42. The van der Waals surface area contributed by atoms with Gasteiger partial charge in [-0.05, 0) is 89.0 Å². The number of hydrogen-bond acceptors (Lipinski definition) is 9. The highest BCUT2D eigenvalue weighted by molar-refractivity contribution is 6.62. The first kappa shape index (κ1) is 38.2. The third-order valence-corrected chi connectivity index (χ3v) is 11.7. The van der Waals surface area contributed by atoms with Gasteiger partial charge in [-0.3, -0.25) is 4.98 Å². The van der Waals surface area contributed by atoms with Gasteiger partial charge in [-0.1, -0.05) is 32.9 Å². The zero-order valence-electron chi connectivity index (χ0n) is 32.6. The number of likely N-dealkylation sites (N-methyl/N-ethyl adjacent to an activating group) is 1. The molecule has 0 radical (unpaired) electrons. The van der Waals surface area contributed by atoms with Crippen molar-refractivity contribution in [1.82, 2.24) is 14.5 Å². The van der Waals surface area contributed by atoms with Crippen LogP contribution in [0.15, 0.2) is 30.5 Å². The molecule has 0 unspecified atom stereocenters. The molecule has 51 heavy (non-hydrogen) atoms. The minimum atomic E-state index is -0.488. The van der Waals surface area contributed by atoms with Crippen molar-refractivity contribution in [2.24, 2.45) is 5.41 Å². The molecule has 0 saturated carbocycles. The van der Waals surface area contributed by atoms with Crippen LogP contribution in [0.25, 0.3) is 22.2 Å². The lowest BCUT2D eigenvalue weighted by atomic mass is 9.77. The predicted octanol–water partition coefficient (Wildman–Crippen LogP) is 5.61. The van der Waals surface area contributed by atoms with Crippen molar-refractivity contribution in [1.29, 1.82) is 0 Å². The first-order valence-corrected chi connectivity index (χ1v) is 19.1. The summed E-state index contributed by atoms with van der Waals surface area (Å²) >= 11 is 0. The average Bonchev–Trinajstić information content (AvgIpc) is 3.54. The Morgan fingerprint density at radius 3 is 2.35 bits per heavy atom. The second-order valence-electron chi connectivity index (χ2n) is 16.5. The molecule has 1 aromatic carbocycles. The minimum Gasteiger partial charge on any atom is -0.399 e. The van der Waals surface area contributed by atoms with Gasteiger partial charge < -0.3 is 43.0 Å². The normalized spacial score (nSPS) is 20.8. The summed E-state index contributed by atoms with van der Waals surface area (Å²) in [5, 5.41) is 11.8. The number of rotatable bonds is 13. The van der Waals surface area contributed by atoms with E-state index in [0.717, 1.165) is 97.8 Å². The van der Waals surface area contributed by atoms with Gasteiger partial charge in [0.05, 0.1) is 53.3 Å². The van der Waals surface area contributed by atoms with Crippen LogP contribution in [0.3, 0.4) is 0 Å². The largest absolute Gasteiger partial charge is 0.494 e. The van der Waals surface area contributed by atoms with Gasteiger partial charge in [-0.2, -0.15) is 0 Å². The second-order valence-corrected chi connectivity index (χ2v) is 16.5. The van der Waals surface area contributed by atoms with Crippen molar-refractivity contribution in [2.45, 2.75) is 105 Å². The Hall–Kier alpha value is -2.51. The smallest absolute Gasteiger partial charge is 0.399 e. The van der Waals surface area contributed by atoms with Gasteiger partial charge in [-0.15, -0.1) is 0 Å². The van der Waals surface area contributed by atoms with Gasteiger partial charge in [0.1, 0.15) is 0 Å². The van der Waals surface area contributed by atoms with Crippen LogP contribution in [0, 0.1) is 5.41 Å². The Kier molecular flexibility index (Phi) is 11.6. The lowest BCUT2D eigenvalue weighted by Crippen LogP contribution is -2.46. The highest BCUT2D eigenvalue weighted by Gasteiger charge is 2.51. The summed E-state index contributed by atoms with van der Waals surface area (Å²) in [4.78, 5) is 10.1. The summed E-state index contributed by atoms with van der Waals surface area (Å²) < 4.78 is 33.6. The van der Waals surface area contributed by atoms with Crippen LogP contribution in [0.2, 0.25) is 0 Å². The molecule has 2 aromatic heterocycles. The number of nitrogens with zero attached hydrogens (tertiary/aromatic N) is 4. The van der Waals surface area contributed by atoms with Gasteiger partial charge in [-0.25, -0.2) is 0 Å². The van der Waals surface area contributed by atoms with Gasteiger partial charge >= 0.3 is 7.12 Å². The Bertz CT molecular complexity index is 1630. The topological polar surface area (TPSA) is 90.7 Å². The van der Waals surface area contributed by atoms with Gasteiger partial charge in [0.25, 0.3) is 0 Å². The van der Waals surface area contributed by atoms with E-state index in [1.807, 2.05) is 6.20 Å². The van der Waals surface area contributed by atoms with E-state index < -0.39 is 18.3 Å². The maximum absolute atomic E-state index is 10.6. The van der Waals surface area contributed by atoms with E-state index in [0.29, 0.717) is 19.6 Å². The van der Waals surface area contributed by atoms with Crippen LogP contribution >= 0.6 is 0 Å². The fourth-order valence-corrected chi connectivity index (χ4v) is 7.56. The van der Waals surface area contributed by atoms with Gasteiger partial charge in [0, 0.05) is 76.1 Å². The Labute approximate surface area is 305 Å². The van der Waals surface area contributed by atoms with E-state index in [1.165, 1.54) is 5.56 Å². The molecule has 3 fully saturated rings. The quantitative estimate of drug-likeness (QED) is 0.228. The molecule has 1 N–H and O–H groups in total.